The lowest BCUT2D eigenvalue weighted by atomic mass is 9.92. The monoisotopic (exact) mass is 982 g/mol. The molecule has 0 radical (unpaired) electrons. The van der Waals surface area contributed by atoms with Gasteiger partial charge in [0.05, 0.1) is 50.1 Å². The molecule has 0 heterocycles. The average Bonchev–Trinajstić information content (AvgIpc) is 3.24. The molecular formula is C51H88ClN5O11. The first-order valence-electron chi connectivity index (χ1n) is 23.8. The minimum atomic E-state index is -2.29. The number of aliphatic carboxylic acids is 1. The van der Waals surface area contributed by atoms with Crippen molar-refractivity contribution in [3.8, 4) is 0 Å². The van der Waals surface area contributed by atoms with Gasteiger partial charge in [0.1, 0.15) is 6.61 Å². The van der Waals surface area contributed by atoms with Crippen molar-refractivity contribution in [2.75, 3.05) is 46.1 Å². The molecule has 0 aliphatic heterocycles. The van der Waals surface area contributed by atoms with E-state index in [4.69, 9.17) is 42.9 Å². The number of Topliss-reactive ketones (excluding diaryl/α,β-unsaturated/α-hetero) is 1. The Kier molecular flexibility index (Phi) is 36.6. The van der Waals surface area contributed by atoms with Gasteiger partial charge in [0.25, 0.3) is 5.79 Å². The number of carboxylic acids is 1. The van der Waals surface area contributed by atoms with Gasteiger partial charge < -0.3 is 56.4 Å². The third kappa shape index (κ3) is 35.1. The smallest absolute Gasteiger partial charge is 0.364 e. The van der Waals surface area contributed by atoms with E-state index in [2.05, 4.69) is 24.5 Å². The van der Waals surface area contributed by atoms with Crippen LogP contribution in [0.25, 0.3) is 0 Å². The molecule has 390 valence electrons. The Morgan fingerprint density at radius 1 is 0.868 bits per heavy atom. The zero-order valence-corrected chi connectivity index (χ0v) is 43.3. The molecule has 2 amide bonds. The fraction of sp³-hybridized carbons (Fsp3) is 0.647. The second-order valence-corrected chi connectivity index (χ2v) is 19.1. The summed E-state index contributed by atoms with van der Waals surface area (Å²) < 4.78 is 11.1. The number of hydrogen-bond donors (Lipinski definition) is 9. The number of carbonyl (C=O) groups is 4. The van der Waals surface area contributed by atoms with Crippen LogP contribution in [0.5, 0.6) is 0 Å². The van der Waals surface area contributed by atoms with E-state index in [1.165, 1.54) is 50.2 Å². The molecule has 16 nitrogen and oxygen atoms in total. The topological polar surface area (TPSA) is 267 Å². The number of carbonyl (C=O) groups excluding carboxylic acids is 3. The Bertz CT molecular complexity index is 1670. The highest BCUT2D eigenvalue weighted by molar-refractivity contribution is 6.30. The standard InChI is InChI=1S/C25H32ClNO6.C16H34N4O3.C4H8.C3H6O2.C3H8/c1-18(11-13-25(32,24(30)31)33-17-20-5-3-2-4-6-20)15-22(28)12-14-27-23(29)16-19-7-9-21(26)10-8-19;1-6-7-19-14(22)16(4,5)12-23-11-15(2,3)10-20(18)8-13(17)9-21;1-2-4-3-1;1-3(5)2-4;1-3-2/h2-10,18,22,28,32H,11-17H2,1H3,(H,27,29)(H,30,31);8,21H,6-7,9-12,17-18H2,1-5H3,(H,19,22);1-4H2;4H,2H2,1H3;3H2,1-2H3/b;13-8-;;;. The fourth-order valence-electron chi connectivity index (χ4n) is 5.60. The Morgan fingerprint density at radius 2 is 1.43 bits per heavy atom. The van der Waals surface area contributed by atoms with Gasteiger partial charge in [-0.25, -0.2) is 10.6 Å². The molecule has 2 aromatic rings. The maximum absolute atomic E-state index is 12.0. The SMILES string of the molecule is C1CCC1.CC(=O)CO.CC(CCC(O)(OCc1ccccc1)C(=O)O)CC(O)CCNC(=O)Cc1ccc(Cl)cc1.CCC.CCCNC(=O)C(C)(C)COCC(C)(C)CN(N)/C=C(\N)CO. The van der Waals surface area contributed by atoms with E-state index >= 15 is 0 Å². The van der Waals surface area contributed by atoms with E-state index < -0.39 is 23.3 Å². The molecule has 1 aliphatic rings. The van der Waals surface area contributed by atoms with Crippen LogP contribution in [-0.4, -0.2) is 112 Å². The van der Waals surface area contributed by atoms with Gasteiger partial charge in [-0.1, -0.05) is 128 Å². The number of nitrogens with two attached hydrogens (primary N) is 2. The second kappa shape index (κ2) is 37.7. The molecule has 17 heteroatoms. The van der Waals surface area contributed by atoms with Crippen molar-refractivity contribution in [2.24, 2.45) is 28.3 Å². The molecule has 2 aromatic carbocycles. The van der Waals surface area contributed by atoms with Crippen LogP contribution in [0.2, 0.25) is 5.02 Å². The van der Waals surface area contributed by atoms with Gasteiger partial charge in [0.15, 0.2) is 5.78 Å². The summed E-state index contributed by atoms with van der Waals surface area (Å²) in [4.78, 5) is 45.2. The first-order chi connectivity index (χ1) is 31.9. The predicted octanol–water partition coefficient (Wildman–Crippen LogP) is 6.64. The number of aliphatic hydroxyl groups is 4. The van der Waals surface area contributed by atoms with Crippen molar-refractivity contribution in [3.05, 3.63) is 82.6 Å². The fourth-order valence-corrected chi connectivity index (χ4v) is 5.73. The minimum Gasteiger partial charge on any atom is -0.477 e. The van der Waals surface area contributed by atoms with Gasteiger partial charge in [-0.2, -0.15) is 0 Å². The average molecular weight is 983 g/mol. The number of hydrogen-bond acceptors (Lipinski definition) is 13. The molecule has 68 heavy (non-hydrogen) atoms. The number of benzene rings is 2. The quantitative estimate of drug-likeness (QED) is 0.0272. The van der Waals surface area contributed by atoms with Crippen LogP contribution in [-0.2, 0) is 41.7 Å². The first kappa shape index (κ1) is 66.0. The van der Waals surface area contributed by atoms with Crippen LogP contribution >= 0.6 is 11.6 Å². The van der Waals surface area contributed by atoms with Gasteiger partial charge in [-0.15, -0.1) is 0 Å². The van der Waals surface area contributed by atoms with Gasteiger partial charge >= 0.3 is 5.97 Å². The van der Waals surface area contributed by atoms with Gasteiger partial charge in [-0.05, 0) is 75.6 Å². The zero-order valence-electron chi connectivity index (χ0n) is 42.5. The molecule has 1 fully saturated rings. The summed E-state index contributed by atoms with van der Waals surface area (Å²) in [6.07, 6.45) is 10.3. The van der Waals surface area contributed by atoms with Crippen LogP contribution < -0.4 is 22.2 Å². The van der Waals surface area contributed by atoms with E-state index in [1.807, 2.05) is 59.7 Å². The highest BCUT2D eigenvalue weighted by Crippen LogP contribution is 2.24. The van der Waals surface area contributed by atoms with Gasteiger partial charge in [-0.3, -0.25) is 14.4 Å². The van der Waals surface area contributed by atoms with Crippen molar-refractivity contribution in [2.45, 2.75) is 151 Å². The second-order valence-electron chi connectivity index (χ2n) is 18.7. The number of carboxylic acid groups (broad SMARTS) is 1. The third-order valence-electron chi connectivity index (χ3n) is 9.84. The summed E-state index contributed by atoms with van der Waals surface area (Å²) in [6.45, 7) is 19.0. The largest absolute Gasteiger partial charge is 0.477 e. The van der Waals surface area contributed by atoms with E-state index in [0.29, 0.717) is 62.8 Å². The molecule has 3 atom stereocenters. The van der Waals surface area contributed by atoms with Gasteiger partial charge in [0.2, 0.25) is 11.8 Å². The number of aliphatic hydroxyl groups excluding tert-OH is 3. The third-order valence-corrected chi connectivity index (χ3v) is 10.1. The molecule has 1 saturated carbocycles. The van der Waals surface area contributed by atoms with E-state index in [-0.39, 0.29) is 61.6 Å². The Balaban J connectivity index is 0. The number of amides is 2. The number of hydrazine groups is 1. The van der Waals surface area contributed by atoms with E-state index in [0.717, 1.165) is 17.5 Å². The van der Waals surface area contributed by atoms with E-state index in [9.17, 15) is 34.5 Å². The predicted molar refractivity (Wildman–Crippen MR) is 270 cm³/mol. The first-order valence-corrected chi connectivity index (χ1v) is 24.2. The maximum Gasteiger partial charge on any atom is 0.364 e. The number of nitrogens with one attached hydrogen (secondary N) is 2. The number of halogens is 1. The normalized spacial score (nSPS) is 13.8. The lowest BCUT2D eigenvalue weighted by molar-refractivity contribution is -0.231. The molecule has 3 unspecified atom stereocenters. The zero-order chi connectivity index (χ0) is 52.2. The maximum atomic E-state index is 12.0. The molecule has 0 aromatic heterocycles. The Labute approximate surface area is 412 Å². The Hall–Kier alpha value is -4.13. The number of ether oxygens (including phenoxy) is 2. The van der Waals surface area contributed by atoms with Crippen molar-refractivity contribution in [1.29, 1.82) is 0 Å². The van der Waals surface area contributed by atoms with Crippen LogP contribution in [0.4, 0.5) is 0 Å². The molecule has 0 saturated heterocycles. The lowest BCUT2D eigenvalue weighted by Crippen LogP contribution is -2.42. The van der Waals surface area contributed by atoms with Crippen molar-refractivity contribution in [1.82, 2.24) is 15.6 Å². The van der Waals surface area contributed by atoms with Crippen LogP contribution in [0.3, 0.4) is 0 Å². The summed E-state index contributed by atoms with van der Waals surface area (Å²) in [5.41, 5.74) is 6.66. The molecule has 3 rings (SSSR count). The lowest BCUT2D eigenvalue weighted by Gasteiger charge is -2.31. The number of nitrogens with zero attached hydrogens (tertiary/aromatic N) is 1. The molecule has 11 N–H and O–H groups in total. The van der Waals surface area contributed by atoms with Crippen LogP contribution in [0.15, 0.2) is 66.5 Å². The van der Waals surface area contributed by atoms with Crippen molar-refractivity contribution in [3.63, 3.8) is 0 Å². The summed E-state index contributed by atoms with van der Waals surface area (Å²) in [7, 11) is 0. The highest BCUT2D eigenvalue weighted by atomic mass is 35.5. The molecular weight excluding hydrogens is 894 g/mol. The summed E-state index contributed by atoms with van der Waals surface area (Å²) >= 11 is 5.83. The number of rotatable bonds is 26. The molecule has 1 aliphatic carbocycles. The highest BCUT2D eigenvalue weighted by Gasteiger charge is 2.37. The van der Waals surface area contributed by atoms with Crippen LogP contribution in [0, 0.1) is 16.7 Å². The van der Waals surface area contributed by atoms with Gasteiger partial charge in [0, 0.05) is 42.7 Å². The van der Waals surface area contributed by atoms with Crippen molar-refractivity contribution >= 4 is 35.2 Å². The minimum absolute atomic E-state index is 0.00346. The molecule has 0 bridgehead atoms. The summed E-state index contributed by atoms with van der Waals surface area (Å²) in [5.74, 6) is 1.74. The summed E-state index contributed by atoms with van der Waals surface area (Å²) in [5, 5.41) is 54.5. The van der Waals surface area contributed by atoms with Crippen molar-refractivity contribution < 1.29 is 54.2 Å². The van der Waals surface area contributed by atoms with E-state index in [1.54, 1.807) is 36.4 Å². The molecule has 0 spiro atoms. The number of ketones is 1. The Morgan fingerprint density at radius 3 is 1.91 bits per heavy atom. The summed E-state index contributed by atoms with van der Waals surface area (Å²) in [6, 6.07) is 16.1. The van der Waals surface area contributed by atoms with Crippen LogP contribution in [0.1, 0.15) is 138 Å².